The van der Waals surface area contributed by atoms with Gasteiger partial charge in [-0.25, -0.2) is 12.8 Å². The fourth-order valence-electron chi connectivity index (χ4n) is 1.44. The Hall–Kier alpha value is -1.11. The molecule has 1 N–H and O–H groups in total. The van der Waals surface area contributed by atoms with Gasteiger partial charge in [0.25, 0.3) is 10.0 Å². The minimum Gasteiger partial charge on any atom is -0.277 e. The number of nitrogens with one attached hydrogen (secondary N) is 1. The molecule has 0 atom stereocenters. The molecule has 0 fully saturated rings. The second-order valence-corrected chi connectivity index (χ2v) is 6.60. The van der Waals surface area contributed by atoms with Crippen LogP contribution in [0.3, 0.4) is 0 Å². The number of hydrogen-bond acceptors (Lipinski definition) is 2. The summed E-state index contributed by atoms with van der Waals surface area (Å²) >= 11 is 8.85. The second kappa shape index (κ2) is 5.48. The molecule has 2 aromatic rings. The smallest absolute Gasteiger partial charge is 0.263 e. The highest BCUT2D eigenvalue weighted by atomic mass is 79.9. The molecular weight excluding hydrogens is 357 g/mol. The van der Waals surface area contributed by atoms with E-state index >= 15 is 0 Å². The number of halogens is 3. The van der Waals surface area contributed by atoms with Gasteiger partial charge in [-0.1, -0.05) is 23.7 Å². The number of benzene rings is 2. The van der Waals surface area contributed by atoms with Crippen LogP contribution in [-0.2, 0) is 10.0 Å². The number of hydrogen-bond donors (Lipinski definition) is 1. The lowest BCUT2D eigenvalue weighted by Gasteiger charge is -2.10. The van der Waals surface area contributed by atoms with Gasteiger partial charge in [0.15, 0.2) is 0 Å². The molecule has 0 aliphatic heterocycles. The predicted octanol–water partition coefficient (Wildman–Crippen LogP) is 4.04. The SMILES string of the molecule is O=S(=O)(Nc1cc(Cl)ccc1F)c1ccccc1Br. The van der Waals surface area contributed by atoms with Crippen LogP contribution in [0.25, 0.3) is 0 Å². The van der Waals surface area contributed by atoms with Crippen molar-refractivity contribution in [1.29, 1.82) is 0 Å². The fourth-order valence-corrected chi connectivity index (χ4v) is 3.67. The summed E-state index contributed by atoms with van der Waals surface area (Å²) in [5.41, 5.74) is -0.191. The van der Waals surface area contributed by atoms with E-state index in [0.29, 0.717) is 4.47 Å². The van der Waals surface area contributed by atoms with Gasteiger partial charge in [0.1, 0.15) is 10.7 Å². The van der Waals surface area contributed by atoms with Crippen molar-refractivity contribution < 1.29 is 12.8 Å². The fraction of sp³-hybridized carbons (Fsp3) is 0. The molecule has 3 nitrogen and oxygen atoms in total. The average Bonchev–Trinajstić information content (AvgIpc) is 2.34. The minimum absolute atomic E-state index is 0.0226. The van der Waals surface area contributed by atoms with E-state index in [4.69, 9.17) is 11.6 Å². The molecule has 0 heterocycles. The normalized spacial score (nSPS) is 11.3. The Morgan fingerprint density at radius 3 is 2.53 bits per heavy atom. The van der Waals surface area contributed by atoms with E-state index in [1.165, 1.54) is 18.2 Å². The Balaban J connectivity index is 2.43. The van der Waals surface area contributed by atoms with Crippen LogP contribution in [-0.4, -0.2) is 8.42 Å². The highest BCUT2D eigenvalue weighted by molar-refractivity contribution is 9.10. The monoisotopic (exact) mass is 363 g/mol. The van der Waals surface area contributed by atoms with Crippen molar-refractivity contribution in [1.82, 2.24) is 0 Å². The van der Waals surface area contributed by atoms with Crippen LogP contribution in [0.5, 0.6) is 0 Å². The van der Waals surface area contributed by atoms with E-state index in [1.807, 2.05) is 0 Å². The first-order valence-electron chi connectivity index (χ1n) is 5.12. The standard InChI is InChI=1S/C12H8BrClFNO2S/c13-9-3-1-2-4-12(9)19(17,18)16-11-7-8(14)5-6-10(11)15/h1-7,16H. The van der Waals surface area contributed by atoms with Crippen LogP contribution < -0.4 is 4.72 Å². The molecule has 2 aromatic carbocycles. The average molecular weight is 365 g/mol. The first-order chi connectivity index (χ1) is 8.90. The zero-order valence-corrected chi connectivity index (χ0v) is 12.6. The van der Waals surface area contributed by atoms with Gasteiger partial charge in [-0.3, -0.25) is 4.72 Å². The van der Waals surface area contributed by atoms with Crippen molar-refractivity contribution in [3.63, 3.8) is 0 Å². The first-order valence-corrected chi connectivity index (χ1v) is 7.78. The molecule has 2 rings (SSSR count). The van der Waals surface area contributed by atoms with Crippen LogP contribution in [0.1, 0.15) is 0 Å². The van der Waals surface area contributed by atoms with Gasteiger partial charge in [0.2, 0.25) is 0 Å². The number of rotatable bonds is 3. The summed E-state index contributed by atoms with van der Waals surface area (Å²) in [5.74, 6) is -0.694. The summed E-state index contributed by atoms with van der Waals surface area (Å²) in [6, 6.07) is 9.91. The van der Waals surface area contributed by atoms with Crippen LogP contribution in [0.4, 0.5) is 10.1 Å². The summed E-state index contributed by atoms with van der Waals surface area (Å²) in [7, 11) is -3.88. The van der Waals surface area contributed by atoms with Crippen LogP contribution >= 0.6 is 27.5 Å². The largest absolute Gasteiger partial charge is 0.277 e. The Morgan fingerprint density at radius 1 is 1.16 bits per heavy atom. The maximum atomic E-state index is 13.5. The first kappa shape index (κ1) is 14.3. The molecule has 0 spiro atoms. The van der Waals surface area contributed by atoms with Crippen LogP contribution in [0, 0.1) is 5.82 Å². The molecular formula is C12H8BrClFNO2S. The molecule has 0 radical (unpaired) electrons. The van der Waals surface area contributed by atoms with Crippen LogP contribution in [0.2, 0.25) is 5.02 Å². The van der Waals surface area contributed by atoms with E-state index in [0.717, 1.165) is 6.07 Å². The summed E-state index contributed by atoms with van der Waals surface area (Å²) < 4.78 is 40.3. The lowest BCUT2D eigenvalue weighted by Crippen LogP contribution is -2.14. The zero-order valence-electron chi connectivity index (χ0n) is 9.40. The van der Waals surface area contributed by atoms with Crippen molar-refractivity contribution in [3.8, 4) is 0 Å². The van der Waals surface area contributed by atoms with E-state index in [9.17, 15) is 12.8 Å². The molecule has 19 heavy (non-hydrogen) atoms. The molecule has 0 aromatic heterocycles. The molecule has 0 aliphatic carbocycles. The van der Waals surface area contributed by atoms with Gasteiger partial charge in [0, 0.05) is 9.50 Å². The van der Waals surface area contributed by atoms with Gasteiger partial charge < -0.3 is 0 Å². The molecule has 0 aliphatic rings. The minimum atomic E-state index is -3.88. The predicted molar refractivity (Wildman–Crippen MR) is 76.4 cm³/mol. The van der Waals surface area contributed by atoms with Crippen LogP contribution in [0.15, 0.2) is 51.8 Å². The quantitative estimate of drug-likeness (QED) is 0.893. The molecule has 7 heteroatoms. The number of anilines is 1. The molecule has 0 unspecified atom stereocenters. The van der Waals surface area contributed by atoms with Gasteiger partial charge in [0.05, 0.1) is 5.69 Å². The second-order valence-electron chi connectivity index (χ2n) is 3.66. The molecule has 0 bridgehead atoms. The van der Waals surface area contributed by atoms with E-state index in [-0.39, 0.29) is 15.6 Å². The van der Waals surface area contributed by atoms with E-state index in [1.54, 1.807) is 18.2 Å². The van der Waals surface area contributed by atoms with Crippen molar-refractivity contribution in [3.05, 3.63) is 57.8 Å². The van der Waals surface area contributed by atoms with Gasteiger partial charge >= 0.3 is 0 Å². The van der Waals surface area contributed by atoms with E-state index in [2.05, 4.69) is 20.7 Å². The Kier molecular flexibility index (Phi) is 4.13. The lowest BCUT2D eigenvalue weighted by atomic mass is 10.3. The Bertz CT molecular complexity index is 721. The highest BCUT2D eigenvalue weighted by Gasteiger charge is 2.18. The van der Waals surface area contributed by atoms with Crippen molar-refractivity contribution in [2.24, 2.45) is 0 Å². The van der Waals surface area contributed by atoms with Crippen molar-refractivity contribution >= 4 is 43.2 Å². The number of sulfonamides is 1. The van der Waals surface area contributed by atoms with Crippen molar-refractivity contribution in [2.75, 3.05) is 4.72 Å². The molecule has 100 valence electrons. The summed E-state index contributed by atoms with van der Waals surface area (Å²) in [5, 5.41) is 0.242. The third-order valence-corrected chi connectivity index (χ3v) is 4.91. The molecule has 0 saturated heterocycles. The maximum Gasteiger partial charge on any atom is 0.263 e. The summed E-state index contributed by atoms with van der Waals surface area (Å²) in [4.78, 5) is 0.0226. The lowest BCUT2D eigenvalue weighted by molar-refractivity contribution is 0.598. The van der Waals surface area contributed by atoms with Gasteiger partial charge in [-0.2, -0.15) is 0 Å². The summed E-state index contributed by atoms with van der Waals surface area (Å²) in [6.45, 7) is 0. The topological polar surface area (TPSA) is 46.2 Å². The zero-order chi connectivity index (χ0) is 14.0. The highest BCUT2D eigenvalue weighted by Crippen LogP contribution is 2.26. The third kappa shape index (κ3) is 3.26. The van der Waals surface area contributed by atoms with E-state index < -0.39 is 15.8 Å². The van der Waals surface area contributed by atoms with Gasteiger partial charge in [-0.05, 0) is 46.3 Å². The third-order valence-electron chi connectivity index (χ3n) is 2.30. The summed E-state index contributed by atoms with van der Waals surface area (Å²) in [6.07, 6.45) is 0. The van der Waals surface area contributed by atoms with Gasteiger partial charge in [-0.15, -0.1) is 0 Å². The Morgan fingerprint density at radius 2 is 1.84 bits per heavy atom. The molecule has 0 saturated carbocycles. The molecule has 0 amide bonds. The van der Waals surface area contributed by atoms with Crippen molar-refractivity contribution in [2.45, 2.75) is 4.90 Å². The Labute approximate surface area is 123 Å². The maximum absolute atomic E-state index is 13.5.